The van der Waals surface area contributed by atoms with Crippen LogP contribution in [-0.4, -0.2) is 43.9 Å². The summed E-state index contributed by atoms with van der Waals surface area (Å²) >= 11 is 0. The molecule has 1 unspecified atom stereocenters. The van der Waals surface area contributed by atoms with E-state index in [1.807, 2.05) is 13.0 Å². The number of para-hydroxylation sites is 1. The summed E-state index contributed by atoms with van der Waals surface area (Å²) in [6, 6.07) is 8.32. The number of aromatic nitrogens is 4. The second-order valence-electron chi connectivity index (χ2n) is 7.02. The lowest BCUT2D eigenvalue weighted by atomic mass is 9.93. The first-order valence-electron chi connectivity index (χ1n) is 9.12. The van der Waals surface area contributed by atoms with Crippen molar-refractivity contribution >= 4 is 5.78 Å². The largest absolute Gasteiger partial charge is 0.573 e. The zero-order chi connectivity index (χ0) is 19.7. The first-order valence-corrected chi connectivity index (χ1v) is 9.12. The maximum absolute atomic E-state index is 12.7. The molecule has 1 saturated heterocycles. The van der Waals surface area contributed by atoms with E-state index in [9.17, 15) is 13.2 Å². The van der Waals surface area contributed by atoms with Crippen molar-refractivity contribution in [3.8, 4) is 5.75 Å². The number of aryl methyl sites for hydroxylation is 1. The van der Waals surface area contributed by atoms with E-state index in [4.69, 9.17) is 0 Å². The predicted molar refractivity (Wildman–Crippen MR) is 95.9 cm³/mol. The van der Waals surface area contributed by atoms with E-state index < -0.39 is 6.36 Å². The number of rotatable bonds is 4. The molecule has 0 N–H and O–H groups in total. The number of nitrogens with zero attached hydrogens (tertiary/aromatic N) is 5. The summed E-state index contributed by atoms with van der Waals surface area (Å²) in [6.07, 6.45) is -1.29. The number of benzene rings is 1. The first-order chi connectivity index (χ1) is 13.4. The van der Waals surface area contributed by atoms with Crippen molar-refractivity contribution in [3.63, 3.8) is 0 Å². The number of fused-ring (bicyclic) bond motifs is 1. The molecule has 0 amide bonds. The van der Waals surface area contributed by atoms with Crippen LogP contribution in [0.1, 0.15) is 35.7 Å². The van der Waals surface area contributed by atoms with Crippen LogP contribution < -0.4 is 4.74 Å². The average Bonchev–Trinajstić information content (AvgIpc) is 3.10. The molecule has 0 spiro atoms. The number of halogens is 3. The number of piperidine rings is 1. The molecule has 9 heteroatoms. The van der Waals surface area contributed by atoms with Crippen LogP contribution in [0.5, 0.6) is 5.75 Å². The standard InChI is InChI=1S/C19H20F3N5O/c1-13-9-16(27-18(25-13)23-12-24-27)14-6-4-8-26(10-14)11-15-5-2-3-7-17(15)28-19(20,21)22/h2-3,5,7,9,12,14H,4,6,8,10-11H2,1H3. The Morgan fingerprint density at radius 1 is 1.25 bits per heavy atom. The fourth-order valence-corrected chi connectivity index (χ4v) is 3.79. The van der Waals surface area contributed by atoms with Gasteiger partial charge in [-0.3, -0.25) is 4.90 Å². The molecule has 1 aliphatic heterocycles. The van der Waals surface area contributed by atoms with Crippen LogP contribution in [0.3, 0.4) is 0 Å². The molecule has 1 atom stereocenters. The van der Waals surface area contributed by atoms with Gasteiger partial charge in [-0.05, 0) is 38.4 Å². The smallest absolute Gasteiger partial charge is 0.405 e. The molecule has 6 nitrogen and oxygen atoms in total. The van der Waals surface area contributed by atoms with Crippen molar-refractivity contribution in [3.05, 3.63) is 53.6 Å². The topological polar surface area (TPSA) is 55.6 Å². The Balaban J connectivity index is 1.54. The summed E-state index contributed by atoms with van der Waals surface area (Å²) in [5.74, 6) is 0.627. The Kier molecular flexibility index (Phi) is 4.92. The third-order valence-electron chi connectivity index (χ3n) is 4.92. The van der Waals surface area contributed by atoms with E-state index in [2.05, 4.69) is 24.7 Å². The maximum Gasteiger partial charge on any atom is 0.573 e. The molecule has 3 heterocycles. The van der Waals surface area contributed by atoms with Gasteiger partial charge in [-0.25, -0.2) is 9.50 Å². The minimum atomic E-state index is -4.70. The van der Waals surface area contributed by atoms with Gasteiger partial charge in [0.15, 0.2) is 0 Å². The van der Waals surface area contributed by atoms with Crippen LogP contribution in [0.15, 0.2) is 36.7 Å². The Hall–Kier alpha value is -2.68. The van der Waals surface area contributed by atoms with Crippen LogP contribution in [0.25, 0.3) is 5.78 Å². The van der Waals surface area contributed by atoms with Crippen LogP contribution in [0, 0.1) is 6.92 Å². The number of alkyl halides is 3. The third-order valence-corrected chi connectivity index (χ3v) is 4.92. The molecule has 1 aliphatic rings. The number of ether oxygens (including phenoxy) is 1. The van der Waals surface area contributed by atoms with Crippen molar-refractivity contribution < 1.29 is 17.9 Å². The molecule has 0 aliphatic carbocycles. The van der Waals surface area contributed by atoms with E-state index in [1.54, 1.807) is 22.7 Å². The highest BCUT2D eigenvalue weighted by Gasteiger charge is 2.32. The molecular formula is C19H20F3N5O. The summed E-state index contributed by atoms with van der Waals surface area (Å²) < 4.78 is 44.0. The summed E-state index contributed by atoms with van der Waals surface area (Å²) in [5, 5.41) is 4.28. The van der Waals surface area contributed by atoms with Gasteiger partial charge >= 0.3 is 6.36 Å². The highest BCUT2D eigenvalue weighted by molar-refractivity contribution is 5.34. The Morgan fingerprint density at radius 2 is 2.07 bits per heavy atom. The Morgan fingerprint density at radius 3 is 2.89 bits per heavy atom. The number of hydrogen-bond acceptors (Lipinski definition) is 5. The second-order valence-corrected chi connectivity index (χ2v) is 7.02. The third kappa shape index (κ3) is 4.09. The van der Waals surface area contributed by atoms with Crippen molar-refractivity contribution in [2.75, 3.05) is 13.1 Å². The zero-order valence-electron chi connectivity index (χ0n) is 15.4. The van der Waals surface area contributed by atoms with E-state index in [0.29, 0.717) is 17.9 Å². The molecule has 1 fully saturated rings. The normalized spacial score (nSPS) is 18.5. The monoisotopic (exact) mass is 391 g/mol. The average molecular weight is 391 g/mol. The van der Waals surface area contributed by atoms with Gasteiger partial charge in [-0.15, -0.1) is 13.2 Å². The van der Waals surface area contributed by atoms with E-state index in [0.717, 1.165) is 37.3 Å². The van der Waals surface area contributed by atoms with Crippen molar-refractivity contribution in [2.24, 2.45) is 0 Å². The minimum Gasteiger partial charge on any atom is -0.405 e. The molecule has 148 valence electrons. The SMILES string of the molecule is Cc1cc(C2CCCN(Cc3ccccc3OC(F)(F)F)C2)n2ncnc2n1. The maximum atomic E-state index is 12.7. The van der Waals surface area contributed by atoms with Gasteiger partial charge in [0.25, 0.3) is 5.78 Å². The lowest BCUT2D eigenvalue weighted by Crippen LogP contribution is -2.35. The van der Waals surface area contributed by atoms with Crippen LogP contribution in [0.4, 0.5) is 13.2 Å². The molecule has 2 aromatic heterocycles. The zero-order valence-corrected chi connectivity index (χ0v) is 15.4. The molecule has 0 radical (unpaired) electrons. The van der Waals surface area contributed by atoms with Gasteiger partial charge in [0.1, 0.15) is 12.1 Å². The summed E-state index contributed by atoms with van der Waals surface area (Å²) in [4.78, 5) is 10.7. The number of hydrogen-bond donors (Lipinski definition) is 0. The van der Waals surface area contributed by atoms with E-state index >= 15 is 0 Å². The lowest BCUT2D eigenvalue weighted by Gasteiger charge is -2.33. The van der Waals surface area contributed by atoms with Gasteiger partial charge in [-0.2, -0.15) is 10.1 Å². The van der Waals surface area contributed by atoms with Gasteiger partial charge in [-0.1, -0.05) is 18.2 Å². The molecule has 0 saturated carbocycles. The predicted octanol–water partition coefficient (Wildman–Crippen LogP) is 3.71. The highest BCUT2D eigenvalue weighted by atomic mass is 19.4. The van der Waals surface area contributed by atoms with Crippen molar-refractivity contribution in [1.82, 2.24) is 24.5 Å². The summed E-state index contributed by atoms with van der Waals surface area (Å²) in [6.45, 7) is 3.86. The Bertz CT molecular complexity index is 972. The van der Waals surface area contributed by atoms with Gasteiger partial charge < -0.3 is 4.74 Å². The van der Waals surface area contributed by atoms with Crippen LogP contribution in [0.2, 0.25) is 0 Å². The highest BCUT2D eigenvalue weighted by Crippen LogP contribution is 2.31. The molecule has 4 rings (SSSR count). The van der Waals surface area contributed by atoms with E-state index in [1.165, 1.54) is 12.4 Å². The van der Waals surface area contributed by atoms with Crippen molar-refractivity contribution in [1.29, 1.82) is 0 Å². The fraction of sp³-hybridized carbons (Fsp3) is 0.421. The molecule has 28 heavy (non-hydrogen) atoms. The molecular weight excluding hydrogens is 371 g/mol. The quantitative estimate of drug-likeness (QED) is 0.679. The van der Waals surface area contributed by atoms with Gasteiger partial charge in [0.05, 0.1) is 5.69 Å². The first kappa shape index (κ1) is 18.7. The number of likely N-dealkylation sites (tertiary alicyclic amines) is 1. The summed E-state index contributed by atoms with van der Waals surface area (Å²) in [7, 11) is 0. The van der Waals surface area contributed by atoms with Gasteiger partial charge in [0, 0.05) is 30.3 Å². The van der Waals surface area contributed by atoms with Crippen molar-refractivity contribution in [2.45, 2.75) is 38.6 Å². The lowest BCUT2D eigenvalue weighted by molar-refractivity contribution is -0.275. The molecule has 1 aromatic carbocycles. The minimum absolute atomic E-state index is 0.143. The fourth-order valence-electron chi connectivity index (χ4n) is 3.79. The Labute approximate surface area is 160 Å². The van der Waals surface area contributed by atoms with Crippen LogP contribution >= 0.6 is 0 Å². The molecule has 0 bridgehead atoms. The molecule has 3 aromatic rings. The van der Waals surface area contributed by atoms with Crippen LogP contribution in [-0.2, 0) is 6.54 Å². The summed E-state index contributed by atoms with van der Waals surface area (Å²) in [5.41, 5.74) is 2.43. The van der Waals surface area contributed by atoms with E-state index in [-0.39, 0.29) is 11.7 Å². The van der Waals surface area contributed by atoms with Gasteiger partial charge in [0.2, 0.25) is 0 Å². The second kappa shape index (κ2) is 7.38.